The van der Waals surface area contributed by atoms with Crippen LogP contribution in [-0.4, -0.2) is 50.1 Å². The van der Waals surface area contributed by atoms with Crippen molar-refractivity contribution >= 4 is 11.5 Å². The van der Waals surface area contributed by atoms with E-state index >= 15 is 0 Å². The number of carbonyl (C=O) groups is 1. The van der Waals surface area contributed by atoms with Crippen molar-refractivity contribution in [3.63, 3.8) is 0 Å². The van der Waals surface area contributed by atoms with Crippen LogP contribution in [0.3, 0.4) is 0 Å². The van der Waals surface area contributed by atoms with E-state index in [-0.39, 0.29) is 5.78 Å². The molecule has 0 radical (unpaired) electrons. The largest absolute Gasteiger partial charge is 0.384 e. The number of rotatable bonds is 6. The molecule has 1 aliphatic rings. The van der Waals surface area contributed by atoms with E-state index < -0.39 is 0 Å². The molecule has 1 aromatic rings. The summed E-state index contributed by atoms with van der Waals surface area (Å²) in [6, 6.07) is 7.33. The first kappa shape index (κ1) is 16.5. The van der Waals surface area contributed by atoms with E-state index in [0.717, 1.165) is 45.1 Å². The van der Waals surface area contributed by atoms with Crippen LogP contribution in [0.2, 0.25) is 0 Å². The molecular weight excluding hydrogens is 278 g/mol. The van der Waals surface area contributed by atoms with Crippen LogP contribution in [0, 0.1) is 17.2 Å². The Bertz CT molecular complexity index is 560. The van der Waals surface area contributed by atoms with Crippen molar-refractivity contribution in [3.05, 3.63) is 29.3 Å². The summed E-state index contributed by atoms with van der Waals surface area (Å²) in [5.41, 5.74) is 1.94. The number of nitriles is 1. The van der Waals surface area contributed by atoms with Crippen molar-refractivity contribution in [3.8, 4) is 6.07 Å². The first-order chi connectivity index (χ1) is 10.6. The summed E-state index contributed by atoms with van der Waals surface area (Å²) >= 11 is 0. The van der Waals surface area contributed by atoms with Gasteiger partial charge in [0.05, 0.1) is 24.5 Å². The number of carbonyl (C=O) groups excluding carboxylic acids is 1. The monoisotopic (exact) mass is 301 g/mol. The summed E-state index contributed by atoms with van der Waals surface area (Å²) in [5.74, 6) is 0.458. The number of nitrogens with zero attached hydrogens (tertiary/aromatic N) is 2. The number of benzene rings is 1. The molecule has 5 nitrogen and oxygen atoms in total. The molecule has 0 bridgehead atoms. The van der Waals surface area contributed by atoms with Gasteiger partial charge in [0.15, 0.2) is 5.78 Å². The maximum Gasteiger partial charge on any atom is 0.159 e. The lowest BCUT2D eigenvalue weighted by molar-refractivity contribution is 0.0325. The minimum Gasteiger partial charge on any atom is -0.384 e. The molecule has 1 aromatic carbocycles. The van der Waals surface area contributed by atoms with Gasteiger partial charge in [-0.3, -0.25) is 9.69 Å². The van der Waals surface area contributed by atoms with E-state index in [0.29, 0.717) is 17.0 Å². The summed E-state index contributed by atoms with van der Waals surface area (Å²) < 4.78 is 5.35. The smallest absolute Gasteiger partial charge is 0.159 e. The molecule has 1 unspecified atom stereocenters. The topological polar surface area (TPSA) is 65.4 Å². The number of morpholine rings is 1. The van der Waals surface area contributed by atoms with Gasteiger partial charge < -0.3 is 10.1 Å². The average molecular weight is 301 g/mol. The van der Waals surface area contributed by atoms with Crippen LogP contribution in [0.4, 0.5) is 5.69 Å². The summed E-state index contributed by atoms with van der Waals surface area (Å²) in [7, 11) is 0. The van der Waals surface area contributed by atoms with E-state index in [1.807, 2.05) is 0 Å². The predicted octanol–water partition coefficient (Wildman–Crippen LogP) is 2.14. The van der Waals surface area contributed by atoms with Gasteiger partial charge in [0.1, 0.15) is 6.07 Å². The van der Waals surface area contributed by atoms with Gasteiger partial charge in [-0.15, -0.1) is 0 Å². The molecule has 1 aliphatic heterocycles. The summed E-state index contributed by atoms with van der Waals surface area (Å²) in [6.07, 6.45) is 0. The molecule has 0 saturated carbocycles. The lowest BCUT2D eigenvalue weighted by Gasteiger charge is -2.29. The molecule has 1 heterocycles. The zero-order chi connectivity index (χ0) is 15.9. The Hall–Kier alpha value is -1.90. The molecule has 0 spiro atoms. The summed E-state index contributed by atoms with van der Waals surface area (Å²) in [4.78, 5) is 13.9. The third-order valence-corrected chi connectivity index (χ3v) is 3.86. The third kappa shape index (κ3) is 4.55. The van der Waals surface area contributed by atoms with Crippen molar-refractivity contribution in [1.82, 2.24) is 4.90 Å². The molecule has 0 amide bonds. The Morgan fingerprint density at radius 1 is 1.45 bits per heavy atom. The van der Waals surface area contributed by atoms with Gasteiger partial charge in [0.2, 0.25) is 0 Å². The van der Waals surface area contributed by atoms with Crippen molar-refractivity contribution in [2.45, 2.75) is 13.8 Å². The molecule has 118 valence electrons. The Kier molecular flexibility index (Phi) is 5.93. The standard InChI is InChI=1S/C17H23N3O2/c1-13(12-20-5-7-22-8-6-20)11-19-17-9-15(14(2)21)3-4-16(17)10-18/h3-4,9,13,19H,5-8,11-12H2,1-2H3. The summed E-state index contributed by atoms with van der Waals surface area (Å²) in [6.45, 7) is 9.06. The number of ketones is 1. The first-order valence-corrected chi connectivity index (χ1v) is 7.69. The van der Waals surface area contributed by atoms with Gasteiger partial charge in [-0.1, -0.05) is 6.92 Å². The van der Waals surface area contributed by atoms with E-state index in [1.54, 1.807) is 18.2 Å². The van der Waals surface area contributed by atoms with Crippen LogP contribution in [0.1, 0.15) is 29.8 Å². The number of Topliss-reactive ketones (excluding diaryl/α,β-unsaturated/α-hetero) is 1. The van der Waals surface area contributed by atoms with Crippen molar-refractivity contribution in [2.75, 3.05) is 44.7 Å². The second-order valence-corrected chi connectivity index (χ2v) is 5.83. The fraction of sp³-hybridized carbons (Fsp3) is 0.529. The number of anilines is 1. The molecule has 2 rings (SSSR count). The second kappa shape index (κ2) is 7.92. The molecule has 5 heteroatoms. The SMILES string of the molecule is CC(=O)c1ccc(C#N)c(NCC(C)CN2CCOCC2)c1. The average Bonchev–Trinajstić information content (AvgIpc) is 2.53. The molecule has 0 aromatic heterocycles. The van der Waals surface area contributed by atoms with Gasteiger partial charge >= 0.3 is 0 Å². The highest BCUT2D eigenvalue weighted by molar-refractivity contribution is 5.95. The maximum absolute atomic E-state index is 11.5. The molecule has 1 N–H and O–H groups in total. The molecule has 1 fully saturated rings. The quantitative estimate of drug-likeness (QED) is 0.816. The van der Waals surface area contributed by atoms with Crippen LogP contribution in [0.15, 0.2) is 18.2 Å². The van der Waals surface area contributed by atoms with Crippen molar-refractivity contribution in [2.24, 2.45) is 5.92 Å². The van der Waals surface area contributed by atoms with Crippen molar-refractivity contribution < 1.29 is 9.53 Å². The minimum atomic E-state index is 0.00825. The van der Waals surface area contributed by atoms with Gasteiger partial charge in [0.25, 0.3) is 0 Å². The predicted molar refractivity (Wildman–Crippen MR) is 86.1 cm³/mol. The Balaban J connectivity index is 1.93. The molecule has 1 saturated heterocycles. The lowest BCUT2D eigenvalue weighted by atomic mass is 10.1. The second-order valence-electron chi connectivity index (χ2n) is 5.83. The molecule has 1 atom stereocenters. The summed E-state index contributed by atoms with van der Waals surface area (Å²) in [5, 5.41) is 12.5. The molecule has 22 heavy (non-hydrogen) atoms. The van der Waals surface area contributed by atoms with Gasteiger partial charge in [-0.05, 0) is 31.0 Å². The van der Waals surface area contributed by atoms with Crippen LogP contribution < -0.4 is 5.32 Å². The highest BCUT2D eigenvalue weighted by Gasteiger charge is 2.14. The number of ether oxygens (including phenoxy) is 1. The zero-order valence-corrected chi connectivity index (χ0v) is 13.3. The van der Waals surface area contributed by atoms with Crippen molar-refractivity contribution in [1.29, 1.82) is 5.26 Å². The lowest BCUT2D eigenvalue weighted by Crippen LogP contribution is -2.40. The highest BCUT2D eigenvalue weighted by Crippen LogP contribution is 2.18. The maximum atomic E-state index is 11.5. The van der Waals surface area contributed by atoms with Crippen LogP contribution in [0.5, 0.6) is 0 Å². The van der Waals surface area contributed by atoms with E-state index in [9.17, 15) is 10.1 Å². The Morgan fingerprint density at radius 2 is 2.18 bits per heavy atom. The van der Waals surface area contributed by atoms with Gasteiger partial charge in [0, 0.05) is 31.7 Å². The number of hydrogen-bond donors (Lipinski definition) is 1. The fourth-order valence-electron chi connectivity index (χ4n) is 2.58. The molecular formula is C17H23N3O2. The van der Waals surface area contributed by atoms with Crippen LogP contribution in [0.25, 0.3) is 0 Å². The number of nitrogens with one attached hydrogen (secondary N) is 1. The first-order valence-electron chi connectivity index (χ1n) is 7.69. The Morgan fingerprint density at radius 3 is 2.82 bits per heavy atom. The van der Waals surface area contributed by atoms with Crippen LogP contribution >= 0.6 is 0 Å². The third-order valence-electron chi connectivity index (χ3n) is 3.86. The minimum absolute atomic E-state index is 0.00825. The van der Waals surface area contributed by atoms with E-state index in [4.69, 9.17) is 4.74 Å². The van der Waals surface area contributed by atoms with E-state index in [1.165, 1.54) is 6.92 Å². The van der Waals surface area contributed by atoms with E-state index in [2.05, 4.69) is 23.2 Å². The van der Waals surface area contributed by atoms with Gasteiger partial charge in [-0.25, -0.2) is 0 Å². The fourth-order valence-corrected chi connectivity index (χ4v) is 2.58. The van der Waals surface area contributed by atoms with Crippen LogP contribution in [-0.2, 0) is 4.74 Å². The normalized spacial score (nSPS) is 16.8. The Labute approximate surface area is 131 Å². The van der Waals surface area contributed by atoms with Gasteiger partial charge in [-0.2, -0.15) is 5.26 Å². The number of hydrogen-bond acceptors (Lipinski definition) is 5. The zero-order valence-electron chi connectivity index (χ0n) is 13.3. The highest BCUT2D eigenvalue weighted by atomic mass is 16.5. The molecule has 0 aliphatic carbocycles.